The third-order valence-corrected chi connectivity index (χ3v) is 15.5. The molecule has 10 aromatic rings. The van der Waals surface area contributed by atoms with E-state index in [0.29, 0.717) is 11.8 Å². The minimum Gasteiger partial charge on any atom is -0.310 e. The van der Waals surface area contributed by atoms with Crippen molar-refractivity contribution in [3.8, 4) is 45.0 Å². The van der Waals surface area contributed by atoms with Crippen LogP contribution in [0.3, 0.4) is 0 Å². The summed E-state index contributed by atoms with van der Waals surface area (Å²) in [5, 5.41) is 5.43. The molecule has 0 atom stereocenters. The summed E-state index contributed by atoms with van der Waals surface area (Å²) in [6.45, 7) is 0.0774. The Morgan fingerprint density at radius 1 is 0.413 bits per heavy atom. The van der Waals surface area contributed by atoms with Crippen molar-refractivity contribution in [1.82, 2.24) is 19.1 Å². The van der Waals surface area contributed by atoms with Crippen molar-refractivity contribution in [1.29, 1.82) is 0 Å². The maximum atomic E-state index is 4.88. The molecule has 0 bridgehead atoms. The van der Waals surface area contributed by atoms with E-state index in [2.05, 4.69) is 143 Å². The molecule has 0 spiro atoms. The van der Waals surface area contributed by atoms with E-state index in [9.17, 15) is 0 Å². The summed E-state index contributed by atoms with van der Waals surface area (Å²) in [5.41, 5.74) is 21.2. The number of fused-ring (bicyclic) bond motifs is 10. The lowest BCUT2D eigenvalue weighted by atomic mass is 9.34. The van der Waals surface area contributed by atoms with Gasteiger partial charge in [-0.05, 0) is 142 Å². The van der Waals surface area contributed by atoms with Gasteiger partial charge >= 0.3 is 0 Å². The lowest BCUT2D eigenvalue weighted by molar-refractivity contribution is 0.444. The van der Waals surface area contributed by atoms with Gasteiger partial charge in [-0.3, -0.25) is 0 Å². The monoisotopic (exact) mass is 810 g/mol. The van der Waals surface area contributed by atoms with E-state index >= 15 is 0 Å². The number of hydrogen-bond donors (Lipinski definition) is 0. The van der Waals surface area contributed by atoms with Gasteiger partial charge in [0.2, 0.25) is 0 Å². The number of hydrogen-bond acceptors (Lipinski definition) is 2. The van der Waals surface area contributed by atoms with E-state index in [0.717, 1.165) is 11.4 Å². The van der Waals surface area contributed by atoms with Crippen LogP contribution in [0.15, 0.2) is 152 Å². The Morgan fingerprint density at radius 3 is 1.37 bits per heavy atom. The zero-order valence-electron chi connectivity index (χ0n) is 35.5. The predicted octanol–water partition coefficient (Wildman–Crippen LogP) is 12.9. The Balaban J connectivity index is 1.14. The molecule has 4 nitrogen and oxygen atoms in total. The molecule has 4 aliphatic rings. The molecule has 302 valence electrons. The average Bonchev–Trinajstić information content (AvgIpc) is 3.88. The lowest BCUT2D eigenvalue weighted by Crippen LogP contribution is -2.59. The first-order chi connectivity index (χ1) is 31.2. The summed E-state index contributed by atoms with van der Waals surface area (Å²) in [5.74, 6) is 1.91. The highest BCUT2D eigenvalue weighted by molar-refractivity contribution is 7.00. The van der Waals surface area contributed by atoms with Crippen LogP contribution in [0.2, 0.25) is 0 Å². The normalized spacial score (nSPS) is 16.1. The van der Waals surface area contributed by atoms with Crippen molar-refractivity contribution in [3.05, 3.63) is 163 Å². The van der Waals surface area contributed by atoms with E-state index in [1.165, 1.54) is 169 Å². The molecule has 0 radical (unpaired) electrons. The van der Waals surface area contributed by atoms with E-state index < -0.39 is 0 Å². The van der Waals surface area contributed by atoms with Crippen molar-refractivity contribution in [2.24, 2.45) is 0 Å². The van der Waals surface area contributed by atoms with Gasteiger partial charge in [-0.2, -0.15) is 0 Å². The fraction of sp³-hybridized carbons (Fsp3) is 0.207. The zero-order valence-corrected chi connectivity index (χ0v) is 35.5. The van der Waals surface area contributed by atoms with Crippen LogP contribution in [-0.4, -0.2) is 25.8 Å². The van der Waals surface area contributed by atoms with E-state index in [1.807, 2.05) is 18.5 Å². The molecule has 0 unspecified atom stereocenters. The van der Waals surface area contributed by atoms with Crippen molar-refractivity contribution < 1.29 is 0 Å². The topological polar surface area (TPSA) is 35.6 Å². The van der Waals surface area contributed by atoms with Gasteiger partial charge in [-0.15, -0.1) is 0 Å². The molecule has 5 heteroatoms. The molecule has 2 fully saturated rings. The van der Waals surface area contributed by atoms with Crippen LogP contribution < -0.4 is 16.4 Å². The second kappa shape index (κ2) is 13.9. The maximum absolute atomic E-state index is 4.88. The van der Waals surface area contributed by atoms with Crippen LogP contribution in [0.1, 0.15) is 87.2 Å². The summed E-state index contributed by atoms with van der Waals surface area (Å²) in [4.78, 5) is 9.77. The van der Waals surface area contributed by atoms with Gasteiger partial charge in [0.15, 0.2) is 5.82 Å². The van der Waals surface area contributed by atoms with Crippen LogP contribution in [-0.2, 0) is 0 Å². The quantitative estimate of drug-likeness (QED) is 0.162. The molecule has 63 heavy (non-hydrogen) atoms. The maximum Gasteiger partial charge on any atom is 0.252 e. The fourth-order valence-corrected chi connectivity index (χ4v) is 12.7. The minimum atomic E-state index is 0.0774. The largest absolute Gasteiger partial charge is 0.310 e. The first kappa shape index (κ1) is 35.8. The van der Waals surface area contributed by atoms with Crippen molar-refractivity contribution in [2.45, 2.75) is 76.0 Å². The molecular weight excluding hydrogens is 763 g/mol. The first-order valence-electron chi connectivity index (χ1n) is 23.6. The molecule has 5 heterocycles. The smallest absolute Gasteiger partial charge is 0.252 e. The van der Waals surface area contributed by atoms with E-state index in [1.54, 1.807) is 0 Å². The standard InChI is InChI=1S/C58H47BN4/c1-5-14-36(15-6-1)40-22-24-51-45(28-40)47-30-42(38-18-9-3-10-19-38)32-49-56(47)62(51)53-34-44(58-60-26-13-27-61-58)35-54-55(53)59(49)50-33-43(39-20-11-4-12-21-39)31-48-46-29-41(37-16-7-2-8-17-37)23-25-52(46)63(54)57(48)50/h1-2,5-8,13-17,22-35,38-39H,3-4,9-12,18-21H2. The number of benzene rings is 7. The predicted molar refractivity (Wildman–Crippen MR) is 263 cm³/mol. The first-order valence-corrected chi connectivity index (χ1v) is 23.6. The second-order valence-electron chi connectivity index (χ2n) is 19.0. The number of nitrogens with zero attached hydrogens (tertiary/aromatic N) is 4. The third-order valence-electron chi connectivity index (χ3n) is 15.5. The van der Waals surface area contributed by atoms with Gasteiger partial charge in [0, 0.05) is 61.9 Å². The Labute approximate surface area is 368 Å². The highest BCUT2D eigenvalue weighted by atomic mass is 15.0. The third kappa shape index (κ3) is 5.35. The van der Waals surface area contributed by atoms with Crippen LogP contribution in [0, 0.1) is 0 Å². The number of rotatable bonds is 5. The van der Waals surface area contributed by atoms with Crippen molar-refractivity contribution >= 4 is 66.7 Å². The van der Waals surface area contributed by atoms with Crippen molar-refractivity contribution in [2.75, 3.05) is 0 Å². The lowest BCUT2D eigenvalue weighted by Gasteiger charge is -2.35. The Hall–Kier alpha value is -6.72. The Kier molecular flexibility index (Phi) is 7.90. The summed E-state index contributed by atoms with van der Waals surface area (Å²) in [6.07, 6.45) is 16.8. The second-order valence-corrected chi connectivity index (χ2v) is 19.0. The Bertz CT molecular complexity index is 3250. The molecule has 14 rings (SSSR count). The van der Waals surface area contributed by atoms with Crippen LogP contribution in [0.25, 0.3) is 88.6 Å². The summed E-state index contributed by atoms with van der Waals surface area (Å²) >= 11 is 0. The average molecular weight is 811 g/mol. The fourth-order valence-electron chi connectivity index (χ4n) is 12.7. The molecule has 0 N–H and O–H groups in total. The van der Waals surface area contributed by atoms with E-state index in [4.69, 9.17) is 9.97 Å². The molecule has 0 saturated heterocycles. The SMILES string of the molecule is c1ccc(-c2ccc3c(c2)c2cc(C4CCCCC4)cc4c2n3-c2cc(-c3ncccn3)cc3c2B4c2cc(C4CCCCC4)cc4c5cc(-c6ccccc6)ccc5n-3c24)cc1. The van der Waals surface area contributed by atoms with Crippen molar-refractivity contribution in [3.63, 3.8) is 0 Å². The molecular formula is C58H47BN4. The van der Waals surface area contributed by atoms with Gasteiger partial charge in [0.25, 0.3) is 6.71 Å². The number of aromatic nitrogens is 4. The van der Waals surface area contributed by atoms with Gasteiger partial charge in [0.1, 0.15) is 0 Å². The molecule has 2 aliphatic carbocycles. The van der Waals surface area contributed by atoms with Crippen LogP contribution in [0.4, 0.5) is 0 Å². The molecule has 2 aliphatic heterocycles. The zero-order chi connectivity index (χ0) is 41.2. The molecule has 3 aromatic heterocycles. The summed E-state index contributed by atoms with van der Waals surface area (Å²) < 4.78 is 5.27. The highest BCUT2D eigenvalue weighted by Gasteiger charge is 2.42. The Morgan fingerprint density at radius 2 is 0.889 bits per heavy atom. The highest BCUT2D eigenvalue weighted by Crippen LogP contribution is 2.45. The van der Waals surface area contributed by atoms with Gasteiger partial charge in [-0.1, -0.05) is 123 Å². The summed E-state index contributed by atoms with van der Waals surface area (Å²) in [7, 11) is 0. The molecule has 0 amide bonds. The summed E-state index contributed by atoms with van der Waals surface area (Å²) in [6, 6.07) is 53.6. The van der Waals surface area contributed by atoms with Gasteiger partial charge in [0.05, 0.1) is 11.0 Å². The van der Waals surface area contributed by atoms with Crippen LogP contribution >= 0.6 is 0 Å². The molecule has 2 saturated carbocycles. The van der Waals surface area contributed by atoms with Gasteiger partial charge in [-0.25, -0.2) is 9.97 Å². The molecule has 7 aromatic carbocycles. The van der Waals surface area contributed by atoms with Gasteiger partial charge < -0.3 is 9.13 Å². The minimum absolute atomic E-state index is 0.0774. The van der Waals surface area contributed by atoms with E-state index in [-0.39, 0.29) is 6.71 Å². The van der Waals surface area contributed by atoms with Crippen LogP contribution in [0.5, 0.6) is 0 Å².